The first-order valence-electron chi connectivity index (χ1n) is 6.93. The Morgan fingerprint density at radius 3 is 2.86 bits per heavy atom. The lowest BCUT2D eigenvalue weighted by Gasteiger charge is -2.20. The van der Waals surface area contributed by atoms with Crippen molar-refractivity contribution < 1.29 is 9.90 Å². The van der Waals surface area contributed by atoms with Gasteiger partial charge in [0, 0.05) is 11.6 Å². The van der Waals surface area contributed by atoms with E-state index in [1.807, 2.05) is 11.0 Å². The number of benzene rings is 1. The highest BCUT2D eigenvalue weighted by molar-refractivity contribution is 6.31. The van der Waals surface area contributed by atoms with Crippen molar-refractivity contribution in [2.75, 3.05) is 31.6 Å². The summed E-state index contributed by atoms with van der Waals surface area (Å²) in [7, 11) is 0. The van der Waals surface area contributed by atoms with E-state index < -0.39 is 0 Å². The highest BCUT2D eigenvalue weighted by Gasteiger charge is 2.12. The summed E-state index contributed by atoms with van der Waals surface area (Å²) in [6.07, 6.45) is 1.99. The zero-order valence-corrected chi connectivity index (χ0v) is 12.9. The van der Waals surface area contributed by atoms with Crippen LogP contribution < -0.4 is 5.32 Å². The molecule has 1 amide bonds. The van der Waals surface area contributed by atoms with Gasteiger partial charge in [-0.2, -0.15) is 5.26 Å². The fourth-order valence-electron chi connectivity index (χ4n) is 1.90. The van der Waals surface area contributed by atoms with Crippen LogP contribution in [0.3, 0.4) is 0 Å². The van der Waals surface area contributed by atoms with Crippen LogP contribution in [0.5, 0.6) is 0 Å². The van der Waals surface area contributed by atoms with E-state index in [0.717, 1.165) is 19.4 Å². The largest absolute Gasteiger partial charge is 0.395 e. The van der Waals surface area contributed by atoms with Crippen molar-refractivity contribution in [2.45, 2.75) is 19.8 Å². The maximum Gasteiger partial charge on any atom is 0.238 e. The van der Waals surface area contributed by atoms with Gasteiger partial charge in [0.05, 0.1) is 24.4 Å². The Bertz CT molecular complexity index is 514. The number of amides is 1. The lowest BCUT2D eigenvalue weighted by Crippen LogP contribution is -2.36. The average Bonchev–Trinajstić information content (AvgIpc) is 2.45. The third-order valence-electron chi connectivity index (χ3n) is 2.99. The minimum Gasteiger partial charge on any atom is -0.395 e. The first-order chi connectivity index (χ1) is 10.1. The molecule has 2 N–H and O–H groups in total. The number of rotatable bonds is 8. The van der Waals surface area contributed by atoms with Crippen LogP contribution in [0.15, 0.2) is 18.2 Å². The molecule has 0 aliphatic rings. The Kier molecular flexibility index (Phi) is 7.76. The average molecular weight is 310 g/mol. The standard InChI is InChI=1S/C15H20ClN3O2/c1-2-3-6-19(7-8-20)11-15(21)18-14-9-13(16)5-4-12(14)10-17/h4-5,9,20H,2-3,6-8,11H2,1H3,(H,18,21). The number of nitriles is 1. The number of unbranched alkanes of at least 4 members (excludes halogenated alkanes) is 1. The summed E-state index contributed by atoms with van der Waals surface area (Å²) in [4.78, 5) is 13.9. The Morgan fingerprint density at radius 1 is 1.48 bits per heavy atom. The zero-order valence-electron chi connectivity index (χ0n) is 12.1. The highest BCUT2D eigenvalue weighted by Crippen LogP contribution is 2.20. The number of anilines is 1. The monoisotopic (exact) mass is 309 g/mol. The molecule has 1 aromatic rings. The van der Waals surface area contributed by atoms with E-state index in [9.17, 15) is 4.79 Å². The van der Waals surface area contributed by atoms with Crippen LogP contribution in [-0.4, -0.2) is 42.2 Å². The summed E-state index contributed by atoms with van der Waals surface area (Å²) < 4.78 is 0. The molecule has 114 valence electrons. The molecule has 0 saturated heterocycles. The van der Waals surface area contributed by atoms with Gasteiger partial charge in [-0.25, -0.2) is 0 Å². The van der Waals surface area contributed by atoms with Gasteiger partial charge in [0.25, 0.3) is 0 Å². The molecule has 0 bridgehead atoms. The Balaban J connectivity index is 2.67. The summed E-state index contributed by atoms with van der Waals surface area (Å²) >= 11 is 5.88. The minimum atomic E-state index is -0.224. The van der Waals surface area contributed by atoms with E-state index in [1.54, 1.807) is 18.2 Å². The molecule has 0 atom stereocenters. The predicted molar refractivity (Wildman–Crippen MR) is 83.2 cm³/mol. The summed E-state index contributed by atoms with van der Waals surface area (Å²) in [5, 5.41) is 21.2. The van der Waals surface area contributed by atoms with Gasteiger partial charge in [-0.15, -0.1) is 0 Å². The number of nitrogens with zero attached hydrogens (tertiary/aromatic N) is 2. The molecule has 0 aliphatic carbocycles. The maximum absolute atomic E-state index is 12.1. The van der Waals surface area contributed by atoms with Crippen LogP contribution in [0.2, 0.25) is 5.02 Å². The van der Waals surface area contributed by atoms with Gasteiger partial charge in [0.1, 0.15) is 6.07 Å². The zero-order chi connectivity index (χ0) is 15.7. The molecule has 0 spiro atoms. The number of aliphatic hydroxyl groups is 1. The molecule has 6 heteroatoms. The quantitative estimate of drug-likeness (QED) is 0.772. The van der Waals surface area contributed by atoms with Gasteiger partial charge in [-0.05, 0) is 31.2 Å². The molecule has 0 aromatic heterocycles. The molecule has 0 heterocycles. The van der Waals surface area contributed by atoms with Gasteiger partial charge < -0.3 is 10.4 Å². The Morgan fingerprint density at radius 2 is 2.24 bits per heavy atom. The van der Waals surface area contributed by atoms with E-state index in [-0.39, 0.29) is 19.1 Å². The second-order valence-corrected chi connectivity index (χ2v) is 5.14. The van der Waals surface area contributed by atoms with E-state index >= 15 is 0 Å². The second-order valence-electron chi connectivity index (χ2n) is 4.70. The van der Waals surface area contributed by atoms with Crippen molar-refractivity contribution in [3.8, 4) is 6.07 Å². The van der Waals surface area contributed by atoms with Crippen LogP contribution in [0.1, 0.15) is 25.3 Å². The number of hydrogen-bond acceptors (Lipinski definition) is 4. The van der Waals surface area contributed by atoms with Crippen molar-refractivity contribution in [1.29, 1.82) is 5.26 Å². The summed E-state index contributed by atoms with van der Waals surface area (Å²) in [5.41, 5.74) is 0.782. The number of carbonyl (C=O) groups is 1. The fraction of sp³-hybridized carbons (Fsp3) is 0.467. The molecular weight excluding hydrogens is 290 g/mol. The van der Waals surface area contributed by atoms with Crippen LogP contribution >= 0.6 is 11.6 Å². The molecule has 0 aliphatic heterocycles. The first kappa shape index (κ1) is 17.4. The minimum absolute atomic E-state index is 0.0115. The van der Waals surface area contributed by atoms with E-state index in [1.165, 1.54) is 0 Å². The predicted octanol–water partition coefficient (Wildman–Crippen LogP) is 2.24. The molecule has 0 fully saturated rings. The third kappa shape index (κ3) is 6.13. The summed E-state index contributed by atoms with van der Waals surface area (Å²) in [6.45, 7) is 3.47. The van der Waals surface area contributed by atoms with Crippen molar-refractivity contribution in [1.82, 2.24) is 4.90 Å². The fourth-order valence-corrected chi connectivity index (χ4v) is 2.08. The maximum atomic E-state index is 12.1. The van der Waals surface area contributed by atoms with Crippen molar-refractivity contribution in [3.05, 3.63) is 28.8 Å². The van der Waals surface area contributed by atoms with Crippen LogP contribution in [-0.2, 0) is 4.79 Å². The molecule has 0 unspecified atom stereocenters. The van der Waals surface area contributed by atoms with Crippen LogP contribution in [0, 0.1) is 11.3 Å². The second kappa shape index (κ2) is 9.35. The van der Waals surface area contributed by atoms with E-state index in [4.69, 9.17) is 22.0 Å². The molecule has 5 nitrogen and oxygen atoms in total. The van der Waals surface area contributed by atoms with Gasteiger partial charge >= 0.3 is 0 Å². The highest BCUT2D eigenvalue weighted by atomic mass is 35.5. The topological polar surface area (TPSA) is 76.4 Å². The lowest BCUT2D eigenvalue weighted by molar-refractivity contribution is -0.117. The first-order valence-corrected chi connectivity index (χ1v) is 7.31. The van der Waals surface area contributed by atoms with Crippen molar-refractivity contribution in [3.63, 3.8) is 0 Å². The molecule has 0 saturated carbocycles. The SMILES string of the molecule is CCCCN(CCO)CC(=O)Nc1cc(Cl)ccc1C#N. The number of halogens is 1. The van der Waals surface area contributed by atoms with E-state index in [2.05, 4.69) is 12.2 Å². The van der Waals surface area contributed by atoms with Gasteiger partial charge in [0.15, 0.2) is 0 Å². The smallest absolute Gasteiger partial charge is 0.238 e. The van der Waals surface area contributed by atoms with Gasteiger partial charge in [0.2, 0.25) is 5.91 Å². The Labute approximate surface area is 130 Å². The normalized spacial score (nSPS) is 10.4. The number of carbonyl (C=O) groups excluding carboxylic acids is 1. The number of hydrogen-bond donors (Lipinski definition) is 2. The molecule has 21 heavy (non-hydrogen) atoms. The Hall–Kier alpha value is -1.61. The molecular formula is C15H20ClN3O2. The molecule has 0 radical (unpaired) electrons. The van der Waals surface area contributed by atoms with Gasteiger partial charge in [-0.1, -0.05) is 24.9 Å². The van der Waals surface area contributed by atoms with E-state index in [0.29, 0.717) is 22.8 Å². The number of nitrogens with one attached hydrogen (secondary N) is 1. The third-order valence-corrected chi connectivity index (χ3v) is 3.22. The summed E-state index contributed by atoms with van der Waals surface area (Å²) in [5.74, 6) is -0.224. The van der Waals surface area contributed by atoms with Gasteiger partial charge in [-0.3, -0.25) is 9.69 Å². The van der Waals surface area contributed by atoms with Crippen LogP contribution in [0.4, 0.5) is 5.69 Å². The molecule has 1 aromatic carbocycles. The molecule has 1 rings (SSSR count). The van der Waals surface area contributed by atoms with Crippen molar-refractivity contribution in [2.24, 2.45) is 0 Å². The lowest BCUT2D eigenvalue weighted by atomic mass is 10.2. The summed E-state index contributed by atoms with van der Waals surface area (Å²) in [6, 6.07) is 6.75. The van der Waals surface area contributed by atoms with Crippen LogP contribution in [0.25, 0.3) is 0 Å². The van der Waals surface area contributed by atoms with Crippen molar-refractivity contribution >= 4 is 23.2 Å². The number of aliphatic hydroxyl groups excluding tert-OH is 1.